The largest absolute Gasteiger partial charge is 0.378 e. The quantitative estimate of drug-likeness (QED) is 0.786. The average molecular weight is 333 g/mol. The number of anilines is 1. The topological polar surface area (TPSA) is 61.8 Å². The van der Waals surface area contributed by atoms with E-state index in [1.165, 1.54) is 0 Å². The maximum absolute atomic E-state index is 12.5. The summed E-state index contributed by atoms with van der Waals surface area (Å²) in [6.45, 7) is 5.74. The molecule has 2 saturated heterocycles. The zero-order chi connectivity index (χ0) is 15.6. The summed E-state index contributed by atoms with van der Waals surface area (Å²) in [7, 11) is 0. The molecule has 2 amide bonds. The Bertz CT molecular complexity index is 692. The van der Waals surface area contributed by atoms with Gasteiger partial charge in [0.25, 0.3) is 0 Å². The van der Waals surface area contributed by atoms with E-state index in [1.807, 2.05) is 21.2 Å². The van der Waals surface area contributed by atoms with E-state index in [9.17, 15) is 4.79 Å². The van der Waals surface area contributed by atoms with Crippen LogP contribution in [0, 0.1) is 0 Å². The van der Waals surface area contributed by atoms with Crippen molar-refractivity contribution < 1.29 is 9.53 Å². The number of morpholine rings is 1. The fraction of sp³-hybridized carbons (Fsp3) is 0.533. The molecule has 0 aliphatic carbocycles. The second kappa shape index (κ2) is 6.29. The van der Waals surface area contributed by atoms with Gasteiger partial charge in [-0.1, -0.05) is 0 Å². The third kappa shape index (κ3) is 2.84. The first-order chi connectivity index (χ1) is 11.3. The predicted octanol–water partition coefficient (Wildman–Crippen LogP) is 1.27. The summed E-state index contributed by atoms with van der Waals surface area (Å²) < 4.78 is 6.44. The molecule has 122 valence electrons. The first-order valence-corrected chi connectivity index (χ1v) is 8.75. The number of ether oxygens (including phenoxy) is 1. The van der Waals surface area contributed by atoms with Gasteiger partial charge < -0.3 is 19.4 Å². The molecule has 2 fully saturated rings. The number of piperazine rings is 1. The van der Waals surface area contributed by atoms with Crippen LogP contribution in [-0.4, -0.2) is 78.3 Å². The van der Waals surface area contributed by atoms with Gasteiger partial charge >= 0.3 is 6.03 Å². The summed E-state index contributed by atoms with van der Waals surface area (Å²) >= 11 is 1.67. The van der Waals surface area contributed by atoms with Crippen molar-refractivity contribution in [2.24, 2.45) is 0 Å². The normalized spacial score (nSPS) is 19.4. The van der Waals surface area contributed by atoms with Crippen LogP contribution in [0.5, 0.6) is 0 Å². The molecule has 0 spiro atoms. The molecule has 4 rings (SSSR count). The number of carbonyl (C=O) groups excluding carboxylic acids is 1. The van der Waals surface area contributed by atoms with Crippen LogP contribution in [0.1, 0.15) is 0 Å². The Kier molecular flexibility index (Phi) is 4.00. The molecule has 2 aliphatic rings. The maximum atomic E-state index is 12.5. The van der Waals surface area contributed by atoms with Gasteiger partial charge in [-0.3, -0.25) is 0 Å². The van der Waals surface area contributed by atoms with Crippen LogP contribution in [0.2, 0.25) is 0 Å². The van der Waals surface area contributed by atoms with E-state index >= 15 is 0 Å². The highest BCUT2D eigenvalue weighted by Crippen LogP contribution is 2.28. The van der Waals surface area contributed by atoms with Gasteiger partial charge in [0.15, 0.2) is 0 Å². The van der Waals surface area contributed by atoms with Crippen LogP contribution in [0.4, 0.5) is 10.6 Å². The highest BCUT2D eigenvalue weighted by molar-refractivity contribution is 7.17. The highest BCUT2D eigenvalue weighted by Gasteiger charge is 2.27. The van der Waals surface area contributed by atoms with E-state index in [2.05, 4.69) is 14.9 Å². The number of hydrogen-bond acceptors (Lipinski definition) is 6. The van der Waals surface area contributed by atoms with Crippen molar-refractivity contribution in [3.05, 3.63) is 17.8 Å². The molecule has 8 heteroatoms. The molecule has 2 aromatic heterocycles. The fourth-order valence-corrected chi connectivity index (χ4v) is 3.93. The number of rotatable bonds is 1. The van der Waals surface area contributed by atoms with Gasteiger partial charge in [-0.2, -0.15) is 0 Å². The van der Waals surface area contributed by atoms with Crippen molar-refractivity contribution >= 4 is 33.4 Å². The van der Waals surface area contributed by atoms with E-state index in [0.29, 0.717) is 26.3 Å². The van der Waals surface area contributed by atoms with E-state index in [4.69, 9.17) is 4.74 Å². The standard InChI is InChI=1S/C15H19N5O2S/c21-15(20-6-8-22-9-7-20)19-4-2-18(3-5-19)14-13-12(1-10-23-13)16-11-17-14/h1,10-11H,2-9H2. The maximum Gasteiger partial charge on any atom is 0.320 e. The Hall–Kier alpha value is -1.93. The van der Waals surface area contributed by atoms with Crippen LogP contribution < -0.4 is 4.90 Å². The Morgan fingerprint density at radius 3 is 2.57 bits per heavy atom. The van der Waals surface area contributed by atoms with Gasteiger partial charge in [0.1, 0.15) is 12.1 Å². The molecule has 0 bridgehead atoms. The van der Waals surface area contributed by atoms with Crippen molar-refractivity contribution in [1.29, 1.82) is 0 Å². The van der Waals surface area contributed by atoms with Crippen molar-refractivity contribution in [3.63, 3.8) is 0 Å². The summed E-state index contributed by atoms with van der Waals surface area (Å²) in [5, 5.41) is 2.04. The molecule has 4 heterocycles. The lowest BCUT2D eigenvalue weighted by Crippen LogP contribution is -2.55. The van der Waals surface area contributed by atoms with Gasteiger partial charge in [0.05, 0.1) is 23.4 Å². The number of nitrogens with zero attached hydrogens (tertiary/aromatic N) is 5. The van der Waals surface area contributed by atoms with Gasteiger partial charge in [0, 0.05) is 39.3 Å². The number of amides is 2. The van der Waals surface area contributed by atoms with Gasteiger partial charge in [-0.15, -0.1) is 11.3 Å². The summed E-state index contributed by atoms with van der Waals surface area (Å²) in [5.74, 6) is 0.989. The second-order valence-corrected chi connectivity index (χ2v) is 6.60. The smallest absolute Gasteiger partial charge is 0.320 e. The summed E-state index contributed by atoms with van der Waals surface area (Å²) in [6, 6.07) is 2.15. The molecule has 2 aliphatic heterocycles. The van der Waals surface area contributed by atoms with Crippen LogP contribution in [0.15, 0.2) is 17.8 Å². The Labute approximate surface area is 138 Å². The number of fused-ring (bicyclic) bond motifs is 1. The molecule has 0 radical (unpaired) electrons. The second-order valence-electron chi connectivity index (χ2n) is 5.69. The fourth-order valence-electron chi connectivity index (χ4n) is 3.07. The van der Waals surface area contributed by atoms with Crippen LogP contribution in [-0.2, 0) is 4.74 Å². The summed E-state index contributed by atoms with van der Waals surface area (Å²) in [5.41, 5.74) is 0.992. The molecule has 0 atom stereocenters. The molecule has 0 N–H and O–H groups in total. The highest BCUT2D eigenvalue weighted by atomic mass is 32.1. The lowest BCUT2D eigenvalue weighted by Gasteiger charge is -2.38. The van der Waals surface area contributed by atoms with E-state index in [1.54, 1.807) is 17.7 Å². The lowest BCUT2D eigenvalue weighted by molar-refractivity contribution is 0.0428. The zero-order valence-corrected chi connectivity index (χ0v) is 13.7. The van der Waals surface area contributed by atoms with Crippen LogP contribution >= 0.6 is 11.3 Å². The minimum atomic E-state index is 0.136. The molecule has 7 nitrogen and oxygen atoms in total. The Morgan fingerprint density at radius 2 is 1.78 bits per heavy atom. The third-order valence-corrected chi connectivity index (χ3v) is 5.26. The van der Waals surface area contributed by atoms with E-state index in [0.717, 1.165) is 42.2 Å². The number of hydrogen-bond donors (Lipinski definition) is 0. The SMILES string of the molecule is O=C(N1CCOCC1)N1CCN(c2ncnc3ccsc23)CC1. The van der Waals surface area contributed by atoms with Gasteiger partial charge in [-0.25, -0.2) is 14.8 Å². The lowest BCUT2D eigenvalue weighted by atomic mass is 10.3. The van der Waals surface area contributed by atoms with Crippen LogP contribution in [0.3, 0.4) is 0 Å². The Morgan fingerprint density at radius 1 is 1.04 bits per heavy atom. The van der Waals surface area contributed by atoms with Crippen molar-refractivity contribution in [3.8, 4) is 0 Å². The first-order valence-electron chi connectivity index (χ1n) is 7.88. The Balaban J connectivity index is 1.42. The summed E-state index contributed by atoms with van der Waals surface area (Å²) in [4.78, 5) is 27.4. The molecule has 23 heavy (non-hydrogen) atoms. The minimum absolute atomic E-state index is 0.136. The third-order valence-electron chi connectivity index (χ3n) is 4.36. The minimum Gasteiger partial charge on any atom is -0.378 e. The summed E-state index contributed by atoms with van der Waals surface area (Å²) in [6.07, 6.45) is 1.62. The number of carbonyl (C=O) groups is 1. The van der Waals surface area contributed by atoms with Crippen molar-refractivity contribution in [2.45, 2.75) is 0 Å². The first kappa shape index (κ1) is 14.6. The molecular weight excluding hydrogens is 314 g/mol. The molecule has 0 aromatic carbocycles. The molecule has 0 saturated carbocycles. The number of aromatic nitrogens is 2. The van der Waals surface area contributed by atoms with Crippen LogP contribution in [0.25, 0.3) is 10.2 Å². The van der Waals surface area contributed by atoms with Crippen molar-refractivity contribution in [1.82, 2.24) is 19.8 Å². The zero-order valence-electron chi connectivity index (χ0n) is 12.8. The predicted molar refractivity (Wildman–Crippen MR) is 89.0 cm³/mol. The number of thiophene rings is 1. The average Bonchev–Trinajstić information content (AvgIpc) is 3.11. The van der Waals surface area contributed by atoms with Gasteiger partial charge in [-0.05, 0) is 11.4 Å². The van der Waals surface area contributed by atoms with Crippen molar-refractivity contribution in [2.75, 3.05) is 57.4 Å². The van der Waals surface area contributed by atoms with E-state index < -0.39 is 0 Å². The monoisotopic (exact) mass is 333 g/mol. The molecular formula is C15H19N5O2S. The molecule has 2 aromatic rings. The number of urea groups is 1. The molecule has 0 unspecified atom stereocenters. The van der Waals surface area contributed by atoms with Gasteiger partial charge in [0.2, 0.25) is 0 Å². The van der Waals surface area contributed by atoms with E-state index in [-0.39, 0.29) is 6.03 Å².